The van der Waals surface area contributed by atoms with E-state index in [0.29, 0.717) is 12.4 Å². The van der Waals surface area contributed by atoms with Crippen molar-refractivity contribution in [2.45, 2.75) is 32.0 Å². The van der Waals surface area contributed by atoms with Crippen LogP contribution in [0.15, 0.2) is 48.5 Å². The summed E-state index contributed by atoms with van der Waals surface area (Å²) in [5, 5.41) is 3.49. The SMILES string of the molecule is Fc1ccc(OCc2ccc(CNC3CC3)cc2)cc1. The third-order valence-electron chi connectivity index (χ3n) is 3.41. The Morgan fingerprint density at radius 1 is 0.950 bits per heavy atom. The van der Waals surface area contributed by atoms with Gasteiger partial charge in [0.05, 0.1) is 0 Å². The largest absolute Gasteiger partial charge is 0.489 e. The van der Waals surface area contributed by atoms with E-state index < -0.39 is 0 Å². The minimum Gasteiger partial charge on any atom is -0.489 e. The molecule has 2 aromatic rings. The van der Waals surface area contributed by atoms with Crippen molar-refractivity contribution in [2.24, 2.45) is 0 Å². The molecular formula is C17H18FNO. The maximum absolute atomic E-state index is 12.8. The second-order valence-corrected chi connectivity index (χ2v) is 5.21. The molecule has 2 nitrogen and oxygen atoms in total. The van der Waals surface area contributed by atoms with Crippen LogP contribution in [0.25, 0.3) is 0 Å². The molecule has 0 spiro atoms. The maximum atomic E-state index is 12.8. The Morgan fingerprint density at radius 3 is 2.25 bits per heavy atom. The first kappa shape index (κ1) is 13.1. The highest BCUT2D eigenvalue weighted by Gasteiger charge is 2.19. The van der Waals surface area contributed by atoms with Crippen molar-refractivity contribution in [3.05, 3.63) is 65.5 Å². The van der Waals surface area contributed by atoms with Gasteiger partial charge in [0.1, 0.15) is 18.2 Å². The van der Waals surface area contributed by atoms with Crippen molar-refractivity contribution in [1.82, 2.24) is 5.32 Å². The number of benzene rings is 2. The van der Waals surface area contributed by atoms with Gasteiger partial charge in [-0.15, -0.1) is 0 Å². The van der Waals surface area contributed by atoms with Crippen molar-refractivity contribution in [3.8, 4) is 5.75 Å². The molecule has 1 saturated carbocycles. The van der Waals surface area contributed by atoms with Crippen LogP contribution in [-0.2, 0) is 13.2 Å². The summed E-state index contributed by atoms with van der Waals surface area (Å²) in [6.07, 6.45) is 2.62. The lowest BCUT2D eigenvalue weighted by Crippen LogP contribution is -2.15. The van der Waals surface area contributed by atoms with Gasteiger partial charge in [-0.1, -0.05) is 24.3 Å². The molecule has 0 aromatic heterocycles. The van der Waals surface area contributed by atoms with Crippen molar-refractivity contribution >= 4 is 0 Å². The van der Waals surface area contributed by atoms with Gasteiger partial charge in [-0.3, -0.25) is 0 Å². The first-order valence-corrected chi connectivity index (χ1v) is 6.99. The highest BCUT2D eigenvalue weighted by atomic mass is 19.1. The van der Waals surface area contributed by atoms with Crippen LogP contribution in [-0.4, -0.2) is 6.04 Å². The molecule has 1 aliphatic rings. The second-order valence-electron chi connectivity index (χ2n) is 5.21. The molecule has 0 aliphatic heterocycles. The Hall–Kier alpha value is -1.87. The van der Waals surface area contributed by atoms with E-state index >= 15 is 0 Å². The lowest BCUT2D eigenvalue weighted by atomic mass is 10.1. The van der Waals surface area contributed by atoms with Gasteiger partial charge in [-0.25, -0.2) is 4.39 Å². The van der Waals surface area contributed by atoms with Gasteiger partial charge >= 0.3 is 0 Å². The van der Waals surface area contributed by atoms with Gasteiger partial charge < -0.3 is 10.1 Å². The van der Waals surface area contributed by atoms with E-state index in [2.05, 4.69) is 29.6 Å². The molecule has 0 amide bonds. The van der Waals surface area contributed by atoms with Gasteiger partial charge in [-0.2, -0.15) is 0 Å². The highest BCUT2D eigenvalue weighted by molar-refractivity contribution is 5.25. The number of halogens is 1. The van der Waals surface area contributed by atoms with E-state index in [1.807, 2.05) is 0 Å². The molecule has 3 rings (SSSR count). The first-order chi connectivity index (χ1) is 9.79. The van der Waals surface area contributed by atoms with Gasteiger partial charge in [0.25, 0.3) is 0 Å². The molecule has 3 heteroatoms. The van der Waals surface area contributed by atoms with Gasteiger partial charge in [0, 0.05) is 12.6 Å². The Kier molecular flexibility index (Phi) is 3.97. The van der Waals surface area contributed by atoms with Crippen LogP contribution in [0.3, 0.4) is 0 Å². The number of hydrogen-bond acceptors (Lipinski definition) is 2. The molecule has 0 unspecified atom stereocenters. The summed E-state index contributed by atoms with van der Waals surface area (Å²) >= 11 is 0. The first-order valence-electron chi connectivity index (χ1n) is 6.99. The predicted molar refractivity (Wildman–Crippen MR) is 77.0 cm³/mol. The molecular weight excluding hydrogens is 253 g/mol. The zero-order chi connectivity index (χ0) is 13.8. The monoisotopic (exact) mass is 271 g/mol. The van der Waals surface area contributed by atoms with E-state index in [1.54, 1.807) is 12.1 Å². The van der Waals surface area contributed by atoms with E-state index in [4.69, 9.17) is 4.74 Å². The van der Waals surface area contributed by atoms with Crippen molar-refractivity contribution < 1.29 is 9.13 Å². The zero-order valence-electron chi connectivity index (χ0n) is 11.3. The van der Waals surface area contributed by atoms with E-state index in [9.17, 15) is 4.39 Å². The standard InChI is InChI=1S/C17H18FNO/c18-15-5-9-17(10-6-15)20-12-14-3-1-13(2-4-14)11-19-16-7-8-16/h1-6,9-10,16,19H,7-8,11-12H2. The predicted octanol–water partition coefficient (Wildman–Crippen LogP) is 3.66. The van der Waals surface area contributed by atoms with E-state index in [1.165, 1.54) is 30.5 Å². The van der Waals surface area contributed by atoms with Crippen molar-refractivity contribution in [2.75, 3.05) is 0 Å². The summed E-state index contributed by atoms with van der Waals surface area (Å²) in [5.74, 6) is 0.441. The minimum atomic E-state index is -0.245. The second kappa shape index (κ2) is 6.06. The molecule has 0 saturated heterocycles. The summed E-state index contributed by atoms with van der Waals surface area (Å²) in [6.45, 7) is 1.44. The van der Waals surface area contributed by atoms with Crippen LogP contribution >= 0.6 is 0 Å². The van der Waals surface area contributed by atoms with Gasteiger partial charge in [-0.05, 0) is 48.2 Å². The van der Waals surface area contributed by atoms with Crippen molar-refractivity contribution in [3.63, 3.8) is 0 Å². The molecule has 2 aromatic carbocycles. The summed E-state index contributed by atoms with van der Waals surface area (Å²) in [7, 11) is 0. The van der Waals surface area contributed by atoms with Crippen LogP contribution in [0.5, 0.6) is 5.75 Å². The molecule has 0 atom stereocenters. The average molecular weight is 271 g/mol. The molecule has 1 fully saturated rings. The fraction of sp³-hybridized carbons (Fsp3) is 0.294. The summed E-state index contributed by atoms with van der Waals surface area (Å²) < 4.78 is 18.4. The van der Waals surface area contributed by atoms with Crippen LogP contribution in [0.1, 0.15) is 24.0 Å². The van der Waals surface area contributed by atoms with E-state index in [0.717, 1.165) is 18.2 Å². The lowest BCUT2D eigenvalue weighted by molar-refractivity contribution is 0.305. The quantitative estimate of drug-likeness (QED) is 0.865. The summed E-state index contributed by atoms with van der Waals surface area (Å²) in [4.78, 5) is 0. The van der Waals surface area contributed by atoms with Gasteiger partial charge in [0.15, 0.2) is 0 Å². The third-order valence-corrected chi connectivity index (χ3v) is 3.41. The van der Waals surface area contributed by atoms with Crippen LogP contribution in [0.4, 0.5) is 4.39 Å². The minimum absolute atomic E-state index is 0.245. The Labute approximate surface area is 118 Å². The molecule has 1 aliphatic carbocycles. The fourth-order valence-electron chi connectivity index (χ4n) is 2.00. The number of hydrogen-bond donors (Lipinski definition) is 1. The molecule has 1 N–H and O–H groups in total. The Bertz CT molecular complexity index is 546. The molecule has 0 radical (unpaired) electrons. The molecule has 104 valence electrons. The zero-order valence-corrected chi connectivity index (χ0v) is 11.3. The normalized spacial score (nSPS) is 14.2. The third kappa shape index (κ3) is 3.81. The lowest BCUT2D eigenvalue weighted by Gasteiger charge is -2.07. The van der Waals surface area contributed by atoms with Crippen LogP contribution in [0, 0.1) is 5.82 Å². The maximum Gasteiger partial charge on any atom is 0.123 e. The Morgan fingerprint density at radius 2 is 1.60 bits per heavy atom. The molecule has 20 heavy (non-hydrogen) atoms. The highest BCUT2D eigenvalue weighted by Crippen LogP contribution is 2.19. The summed E-state index contributed by atoms with van der Waals surface area (Å²) in [6, 6.07) is 15.2. The number of rotatable bonds is 6. The molecule has 0 bridgehead atoms. The van der Waals surface area contributed by atoms with E-state index in [-0.39, 0.29) is 5.82 Å². The summed E-state index contributed by atoms with van der Waals surface area (Å²) in [5.41, 5.74) is 2.41. The van der Waals surface area contributed by atoms with Crippen LogP contribution < -0.4 is 10.1 Å². The number of ether oxygens (including phenoxy) is 1. The Balaban J connectivity index is 1.50. The average Bonchev–Trinajstić information content (AvgIpc) is 3.30. The fourth-order valence-corrected chi connectivity index (χ4v) is 2.00. The molecule has 0 heterocycles. The van der Waals surface area contributed by atoms with Gasteiger partial charge in [0.2, 0.25) is 0 Å². The number of nitrogens with one attached hydrogen (secondary N) is 1. The van der Waals surface area contributed by atoms with Crippen LogP contribution in [0.2, 0.25) is 0 Å². The smallest absolute Gasteiger partial charge is 0.123 e. The van der Waals surface area contributed by atoms with Crippen molar-refractivity contribution in [1.29, 1.82) is 0 Å². The topological polar surface area (TPSA) is 21.3 Å².